The number of nitrogens with one attached hydrogen (secondary N) is 1. The maximum Gasteiger partial charge on any atom is 0.349 e. The number of rotatable bonds is 10. The summed E-state index contributed by atoms with van der Waals surface area (Å²) >= 11 is 11.7. The van der Waals surface area contributed by atoms with Gasteiger partial charge in [-0.3, -0.25) is 4.79 Å². The number of amides is 1. The van der Waals surface area contributed by atoms with E-state index in [9.17, 15) is 24.3 Å². The number of carbonyl (C=O) groups excluding carboxylic acids is 3. The first-order valence-electron chi connectivity index (χ1n) is 12.2. The highest BCUT2D eigenvalue weighted by atomic mass is 35.5. The number of azo groups is 1. The van der Waals surface area contributed by atoms with Gasteiger partial charge in [0.15, 0.2) is 0 Å². The Hall–Kier alpha value is -5.06. The van der Waals surface area contributed by atoms with Crippen LogP contribution in [0.5, 0.6) is 0 Å². The lowest BCUT2D eigenvalue weighted by atomic mass is 10.1. The van der Waals surface area contributed by atoms with E-state index in [1.54, 1.807) is 24.3 Å². The van der Waals surface area contributed by atoms with E-state index in [-0.39, 0.29) is 16.8 Å². The molecular formula is C30H21Cl2N3O7. The molecule has 0 aliphatic carbocycles. The molecule has 0 saturated carbocycles. The van der Waals surface area contributed by atoms with Gasteiger partial charge >= 0.3 is 17.9 Å². The number of ether oxygens (including phenoxy) is 2. The van der Waals surface area contributed by atoms with E-state index in [1.807, 2.05) is 18.2 Å². The molecule has 0 spiro atoms. The number of nitrogens with zero attached hydrogens (tertiary/aromatic N) is 2. The first-order valence-corrected chi connectivity index (χ1v) is 13.0. The van der Waals surface area contributed by atoms with Crippen molar-refractivity contribution in [2.75, 3.05) is 5.32 Å². The maximum atomic E-state index is 13.3. The fourth-order valence-corrected chi connectivity index (χ4v) is 3.72. The summed E-state index contributed by atoms with van der Waals surface area (Å²) in [6.45, 7) is 0. The number of carboxylic acid groups (broad SMARTS) is 1. The van der Waals surface area contributed by atoms with E-state index < -0.39 is 36.0 Å². The van der Waals surface area contributed by atoms with Crippen LogP contribution in [0.2, 0.25) is 10.0 Å². The normalized spacial score (nSPS) is 12.2. The Morgan fingerprint density at radius 2 is 1.07 bits per heavy atom. The zero-order valence-corrected chi connectivity index (χ0v) is 23.0. The number of aliphatic carboxylic acids is 1. The van der Waals surface area contributed by atoms with Crippen molar-refractivity contribution >= 4 is 64.1 Å². The Morgan fingerprint density at radius 3 is 1.55 bits per heavy atom. The van der Waals surface area contributed by atoms with Crippen molar-refractivity contribution in [1.82, 2.24) is 0 Å². The topological polar surface area (TPSA) is 144 Å². The number of anilines is 1. The van der Waals surface area contributed by atoms with Gasteiger partial charge < -0.3 is 19.9 Å². The van der Waals surface area contributed by atoms with E-state index in [2.05, 4.69) is 15.5 Å². The van der Waals surface area contributed by atoms with E-state index in [0.717, 1.165) is 0 Å². The molecule has 0 bridgehead atoms. The highest BCUT2D eigenvalue weighted by molar-refractivity contribution is 6.31. The average molecular weight is 606 g/mol. The molecule has 1 amide bonds. The van der Waals surface area contributed by atoms with Gasteiger partial charge in [0.1, 0.15) is 0 Å². The molecule has 0 aromatic heterocycles. The third kappa shape index (κ3) is 8.23. The predicted molar refractivity (Wildman–Crippen MR) is 155 cm³/mol. The lowest BCUT2D eigenvalue weighted by Gasteiger charge is -2.23. The van der Waals surface area contributed by atoms with Gasteiger partial charge in [0.2, 0.25) is 12.2 Å². The molecule has 4 aromatic rings. The molecule has 10 nitrogen and oxygen atoms in total. The number of benzene rings is 4. The first kappa shape index (κ1) is 29.9. The van der Waals surface area contributed by atoms with Gasteiger partial charge in [0, 0.05) is 15.7 Å². The maximum absolute atomic E-state index is 13.3. The molecular weight excluding hydrogens is 585 g/mol. The fourth-order valence-electron chi connectivity index (χ4n) is 3.47. The zero-order valence-electron chi connectivity index (χ0n) is 21.5. The van der Waals surface area contributed by atoms with Gasteiger partial charge in [-0.15, -0.1) is 0 Å². The number of carbonyl (C=O) groups is 4. The largest absolute Gasteiger partial charge is 0.478 e. The molecule has 2 N–H and O–H groups in total. The van der Waals surface area contributed by atoms with Crippen LogP contribution in [0, 0.1) is 0 Å². The van der Waals surface area contributed by atoms with Gasteiger partial charge in [-0.05, 0) is 84.9 Å². The second kappa shape index (κ2) is 14.0. The fraction of sp³-hybridized carbons (Fsp3) is 0.0667. The molecule has 0 aliphatic rings. The van der Waals surface area contributed by atoms with E-state index in [4.69, 9.17) is 32.7 Å². The van der Waals surface area contributed by atoms with Crippen LogP contribution in [0.3, 0.4) is 0 Å². The van der Waals surface area contributed by atoms with Crippen molar-refractivity contribution in [3.63, 3.8) is 0 Å². The van der Waals surface area contributed by atoms with Gasteiger partial charge in [0.25, 0.3) is 5.91 Å². The molecule has 0 saturated heterocycles. The second-order valence-electron chi connectivity index (χ2n) is 8.58. The van der Waals surface area contributed by atoms with Crippen LogP contribution in [-0.2, 0) is 19.1 Å². The lowest BCUT2D eigenvalue weighted by Crippen LogP contribution is -2.48. The molecule has 4 aromatic carbocycles. The molecule has 42 heavy (non-hydrogen) atoms. The third-order valence-electron chi connectivity index (χ3n) is 5.58. The van der Waals surface area contributed by atoms with Crippen molar-refractivity contribution in [2.24, 2.45) is 10.2 Å². The molecule has 12 heteroatoms. The van der Waals surface area contributed by atoms with Crippen molar-refractivity contribution < 1.29 is 33.8 Å². The lowest BCUT2D eigenvalue weighted by molar-refractivity contribution is -0.157. The van der Waals surface area contributed by atoms with Crippen LogP contribution in [0.4, 0.5) is 17.1 Å². The molecule has 4 rings (SSSR count). The Bertz CT molecular complexity index is 1600. The zero-order chi connectivity index (χ0) is 30.1. The number of hydrogen-bond donors (Lipinski definition) is 2. The van der Waals surface area contributed by atoms with Crippen LogP contribution < -0.4 is 5.32 Å². The quantitative estimate of drug-likeness (QED) is 0.148. The van der Waals surface area contributed by atoms with Crippen molar-refractivity contribution in [2.45, 2.75) is 12.2 Å². The minimum atomic E-state index is -2.21. The first-order chi connectivity index (χ1) is 20.2. The van der Waals surface area contributed by atoms with Crippen molar-refractivity contribution in [3.8, 4) is 0 Å². The summed E-state index contributed by atoms with van der Waals surface area (Å²) in [4.78, 5) is 51.1. The monoisotopic (exact) mass is 605 g/mol. The minimum absolute atomic E-state index is 0.0153. The summed E-state index contributed by atoms with van der Waals surface area (Å²) in [6.07, 6.45) is -4.29. The van der Waals surface area contributed by atoms with Crippen LogP contribution in [0.25, 0.3) is 0 Å². The van der Waals surface area contributed by atoms with Gasteiger partial charge in [-0.1, -0.05) is 41.4 Å². The van der Waals surface area contributed by atoms with Crippen LogP contribution in [-0.4, -0.2) is 41.1 Å². The summed E-state index contributed by atoms with van der Waals surface area (Å²) in [6, 6.07) is 26.1. The van der Waals surface area contributed by atoms with Crippen LogP contribution >= 0.6 is 23.2 Å². The number of carboxylic acids is 1. The standard InChI is InChI=1S/C30H21Cl2N3O7/c31-20-10-6-18(7-11-20)29(39)41-25(26(28(37)38)42-30(40)19-8-12-21(32)13-9-19)27(36)33-22-14-16-24(17-15-22)35-34-23-4-2-1-3-5-23/h1-17,25-26H,(H,33,36)(H,37,38)/t25-,26-/m0/s1. The molecule has 2 atom stereocenters. The summed E-state index contributed by atoms with van der Waals surface area (Å²) < 4.78 is 10.4. The molecule has 0 heterocycles. The molecule has 212 valence electrons. The third-order valence-corrected chi connectivity index (χ3v) is 6.08. The number of esters is 2. The smallest absolute Gasteiger partial charge is 0.349 e. The van der Waals surface area contributed by atoms with Gasteiger partial charge in [-0.25, -0.2) is 14.4 Å². The highest BCUT2D eigenvalue weighted by Crippen LogP contribution is 2.22. The van der Waals surface area contributed by atoms with E-state index in [1.165, 1.54) is 60.7 Å². The Balaban J connectivity index is 1.56. The SMILES string of the molecule is O=C(O[C@H](C(=O)O)[C@H](OC(=O)c1ccc(Cl)cc1)C(=O)Nc1ccc(N=Nc2ccccc2)cc1)c1ccc(Cl)cc1. The van der Waals surface area contributed by atoms with Crippen molar-refractivity contribution in [1.29, 1.82) is 0 Å². The Morgan fingerprint density at radius 1 is 0.619 bits per heavy atom. The summed E-state index contributed by atoms with van der Waals surface area (Å²) in [5.74, 6) is -4.91. The van der Waals surface area contributed by atoms with Crippen LogP contribution in [0.15, 0.2) is 113 Å². The van der Waals surface area contributed by atoms with Gasteiger partial charge in [0.05, 0.1) is 22.5 Å². The number of hydrogen-bond acceptors (Lipinski definition) is 8. The van der Waals surface area contributed by atoms with E-state index in [0.29, 0.717) is 21.4 Å². The summed E-state index contributed by atoms with van der Waals surface area (Å²) in [7, 11) is 0. The minimum Gasteiger partial charge on any atom is -0.478 e. The Kier molecular flexibility index (Phi) is 9.99. The van der Waals surface area contributed by atoms with Crippen molar-refractivity contribution in [3.05, 3.63) is 124 Å². The average Bonchev–Trinajstić information content (AvgIpc) is 2.99. The molecule has 0 radical (unpaired) electrons. The Labute approximate surface area is 249 Å². The molecule has 0 unspecified atom stereocenters. The summed E-state index contributed by atoms with van der Waals surface area (Å²) in [5, 5.41) is 21.3. The predicted octanol–water partition coefficient (Wildman–Crippen LogP) is 6.88. The van der Waals surface area contributed by atoms with Gasteiger partial charge in [-0.2, -0.15) is 10.2 Å². The molecule has 0 aliphatic heterocycles. The summed E-state index contributed by atoms with van der Waals surface area (Å²) in [5.41, 5.74) is 1.29. The van der Waals surface area contributed by atoms with Crippen LogP contribution in [0.1, 0.15) is 20.7 Å². The second-order valence-corrected chi connectivity index (χ2v) is 9.45. The molecule has 0 fully saturated rings. The number of halogens is 2. The highest BCUT2D eigenvalue weighted by Gasteiger charge is 2.41. The van der Waals surface area contributed by atoms with E-state index >= 15 is 0 Å².